The lowest BCUT2D eigenvalue weighted by Gasteiger charge is -2.28. The van der Waals surface area contributed by atoms with E-state index in [1.165, 1.54) is 12.1 Å². The molecule has 0 bridgehead atoms. The molecule has 0 saturated heterocycles. The van der Waals surface area contributed by atoms with Crippen LogP contribution in [0.2, 0.25) is 0 Å². The summed E-state index contributed by atoms with van der Waals surface area (Å²) in [5.74, 6) is 0.409. The van der Waals surface area contributed by atoms with Gasteiger partial charge in [-0.15, -0.1) is 0 Å². The van der Waals surface area contributed by atoms with Crippen LogP contribution in [-0.2, 0) is 0 Å². The number of nitrogens with one attached hydrogen (secondary N) is 1. The Morgan fingerprint density at radius 3 is 2.85 bits per heavy atom. The van der Waals surface area contributed by atoms with Gasteiger partial charge in [0.25, 0.3) is 0 Å². The summed E-state index contributed by atoms with van der Waals surface area (Å²) in [6.07, 6.45) is -0.0873. The number of fused-ring (bicyclic) bond motifs is 1. The Kier molecular flexibility index (Phi) is 3.32. The van der Waals surface area contributed by atoms with Gasteiger partial charge in [0.05, 0.1) is 12.2 Å². The fourth-order valence-corrected chi connectivity index (χ4v) is 2.49. The van der Waals surface area contributed by atoms with E-state index in [1.54, 1.807) is 0 Å². The van der Waals surface area contributed by atoms with Crippen LogP contribution in [0.25, 0.3) is 11.1 Å². The molecule has 3 N–H and O–H groups in total. The normalized spacial score (nSPS) is 17.1. The molecule has 0 amide bonds. The molecule has 0 aromatic heterocycles. The molecule has 2 aromatic rings. The lowest BCUT2D eigenvalue weighted by atomic mass is 9.98. The number of hydrogen-bond donors (Lipinski definition) is 2. The van der Waals surface area contributed by atoms with Gasteiger partial charge in [0, 0.05) is 18.2 Å². The maximum atomic E-state index is 13.8. The third-order valence-corrected chi connectivity index (χ3v) is 3.56. The van der Waals surface area contributed by atoms with Crippen LogP contribution < -0.4 is 15.8 Å². The highest BCUT2D eigenvalue weighted by Gasteiger charge is 2.23. The highest BCUT2D eigenvalue weighted by Crippen LogP contribution is 2.41. The largest absolute Gasteiger partial charge is 0.484 e. The first-order valence-corrected chi connectivity index (χ1v) is 6.69. The molecule has 1 aliphatic heterocycles. The Labute approximate surface area is 117 Å². The molecule has 0 unspecified atom stereocenters. The fraction of sp³-hybridized carbons (Fsp3) is 0.250. The van der Waals surface area contributed by atoms with Gasteiger partial charge in [-0.05, 0) is 24.1 Å². The number of anilines is 1. The van der Waals surface area contributed by atoms with Crippen LogP contribution in [0.5, 0.6) is 5.75 Å². The maximum Gasteiger partial charge on any atom is 0.151 e. The summed E-state index contributed by atoms with van der Waals surface area (Å²) in [5, 5.41) is 3.19. The molecular weight excluding hydrogens is 255 g/mol. The summed E-state index contributed by atoms with van der Waals surface area (Å²) in [6, 6.07) is 10.9. The first kappa shape index (κ1) is 12.9. The van der Waals surface area contributed by atoms with Crippen molar-refractivity contribution >= 4 is 5.69 Å². The van der Waals surface area contributed by atoms with Crippen molar-refractivity contribution in [2.24, 2.45) is 5.73 Å². The van der Waals surface area contributed by atoms with Crippen LogP contribution in [0.3, 0.4) is 0 Å². The smallest absolute Gasteiger partial charge is 0.151 e. The summed E-state index contributed by atoms with van der Waals surface area (Å²) < 4.78 is 19.8. The molecule has 0 saturated carbocycles. The second-order valence-corrected chi connectivity index (χ2v) is 5.00. The molecule has 4 heteroatoms. The molecule has 0 spiro atoms. The number of halogens is 1. The maximum absolute atomic E-state index is 13.8. The zero-order valence-electron chi connectivity index (χ0n) is 11.3. The minimum Gasteiger partial charge on any atom is -0.484 e. The first-order chi connectivity index (χ1) is 9.69. The first-order valence-electron chi connectivity index (χ1n) is 6.69. The zero-order chi connectivity index (χ0) is 14.1. The Hall–Kier alpha value is -2.07. The highest BCUT2D eigenvalue weighted by molar-refractivity contribution is 5.80. The zero-order valence-corrected chi connectivity index (χ0v) is 11.3. The van der Waals surface area contributed by atoms with Crippen molar-refractivity contribution in [3.63, 3.8) is 0 Å². The van der Waals surface area contributed by atoms with Gasteiger partial charge < -0.3 is 15.8 Å². The average molecular weight is 272 g/mol. The van der Waals surface area contributed by atoms with Crippen molar-refractivity contribution in [3.8, 4) is 16.9 Å². The van der Waals surface area contributed by atoms with E-state index in [0.29, 0.717) is 24.5 Å². The number of aryl methyl sites for hydroxylation is 1. The third-order valence-electron chi connectivity index (χ3n) is 3.56. The van der Waals surface area contributed by atoms with E-state index in [2.05, 4.69) is 5.32 Å². The molecule has 2 aromatic carbocycles. The van der Waals surface area contributed by atoms with Crippen LogP contribution in [0.1, 0.15) is 5.56 Å². The van der Waals surface area contributed by atoms with Crippen LogP contribution in [0, 0.1) is 12.7 Å². The molecule has 20 heavy (non-hydrogen) atoms. The minimum absolute atomic E-state index is 0.0873. The van der Waals surface area contributed by atoms with Crippen molar-refractivity contribution in [1.82, 2.24) is 0 Å². The minimum atomic E-state index is -0.274. The second-order valence-electron chi connectivity index (χ2n) is 5.00. The number of benzene rings is 2. The Balaban J connectivity index is 2.16. The SMILES string of the molecule is Cc1ccccc1-c1cc(F)cc2c1O[C@@H](CN)CN2. The van der Waals surface area contributed by atoms with Crippen LogP contribution in [-0.4, -0.2) is 19.2 Å². The van der Waals surface area contributed by atoms with Crippen molar-refractivity contribution in [2.45, 2.75) is 13.0 Å². The molecule has 0 aliphatic carbocycles. The predicted octanol–water partition coefficient (Wildman–Crippen LogP) is 2.93. The van der Waals surface area contributed by atoms with Crippen molar-refractivity contribution in [3.05, 3.63) is 47.8 Å². The van der Waals surface area contributed by atoms with Crippen molar-refractivity contribution in [1.29, 1.82) is 0 Å². The topological polar surface area (TPSA) is 47.3 Å². The van der Waals surface area contributed by atoms with E-state index in [4.69, 9.17) is 10.5 Å². The van der Waals surface area contributed by atoms with Crippen LogP contribution in [0.15, 0.2) is 36.4 Å². The molecule has 1 aliphatic rings. The lowest BCUT2D eigenvalue weighted by Crippen LogP contribution is -2.37. The highest BCUT2D eigenvalue weighted by atomic mass is 19.1. The molecule has 1 atom stereocenters. The van der Waals surface area contributed by atoms with E-state index in [-0.39, 0.29) is 11.9 Å². The van der Waals surface area contributed by atoms with E-state index in [1.807, 2.05) is 31.2 Å². The van der Waals surface area contributed by atoms with Gasteiger partial charge in [-0.2, -0.15) is 0 Å². The Morgan fingerprint density at radius 1 is 1.30 bits per heavy atom. The third kappa shape index (κ3) is 2.23. The van der Waals surface area contributed by atoms with Gasteiger partial charge >= 0.3 is 0 Å². The molecule has 3 rings (SSSR count). The molecule has 0 fully saturated rings. The molecule has 3 nitrogen and oxygen atoms in total. The average Bonchev–Trinajstić information content (AvgIpc) is 2.46. The van der Waals surface area contributed by atoms with E-state index in [9.17, 15) is 4.39 Å². The standard InChI is InChI=1S/C16H17FN2O/c1-10-4-2-3-5-13(10)14-6-11(17)7-15-16(14)20-12(8-18)9-19-15/h2-7,12,19H,8-9,18H2,1H3/t12-/m0/s1. The number of hydrogen-bond acceptors (Lipinski definition) is 3. The molecule has 104 valence electrons. The quantitative estimate of drug-likeness (QED) is 0.883. The summed E-state index contributed by atoms with van der Waals surface area (Å²) in [4.78, 5) is 0. The summed E-state index contributed by atoms with van der Waals surface area (Å²) in [5.41, 5.74) is 9.18. The van der Waals surface area contributed by atoms with Gasteiger partial charge in [0.15, 0.2) is 5.75 Å². The van der Waals surface area contributed by atoms with Gasteiger partial charge in [0.1, 0.15) is 11.9 Å². The fourth-order valence-electron chi connectivity index (χ4n) is 2.49. The van der Waals surface area contributed by atoms with E-state index < -0.39 is 0 Å². The van der Waals surface area contributed by atoms with Gasteiger partial charge in [-0.3, -0.25) is 0 Å². The molecule has 1 heterocycles. The van der Waals surface area contributed by atoms with E-state index >= 15 is 0 Å². The van der Waals surface area contributed by atoms with Gasteiger partial charge in [0.2, 0.25) is 0 Å². The Bertz CT molecular complexity index is 642. The van der Waals surface area contributed by atoms with Crippen molar-refractivity contribution in [2.75, 3.05) is 18.4 Å². The Morgan fingerprint density at radius 2 is 2.10 bits per heavy atom. The molecule has 0 radical (unpaired) electrons. The number of ether oxygens (including phenoxy) is 1. The van der Waals surface area contributed by atoms with Crippen LogP contribution in [0.4, 0.5) is 10.1 Å². The second kappa shape index (κ2) is 5.13. The van der Waals surface area contributed by atoms with Gasteiger partial charge in [-0.1, -0.05) is 24.3 Å². The lowest BCUT2D eigenvalue weighted by molar-refractivity contribution is 0.215. The summed E-state index contributed by atoms with van der Waals surface area (Å²) in [6.45, 7) is 3.03. The summed E-state index contributed by atoms with van der Waals surface area (Å²) in [7, 11) is 0. The summed E-state index contributed by atoms with van der Waals surface area (Å²) >= 11 is 0. The monoisotopic (exact) mass is 272 g/mol. The molecular formula is C16H17FN2O. The van der Waals surface area contributed by atoms with Crippen molar-refractivity contribution < 1.29 is 9.13 Å². The van der Waals surface area contributed by atoms with E-state index in [0.717, 1.165) is 16.7 Å². The predicted molar refractivity (Wildman–Crippen MR) is 78.5 cm³/mol. The van der Waals surface area contributed by atoms with Crippen LogP contribution >= 0.6 is 0 Å². The van der Waals surface area contributed by atoms with Gasteiger partial charge in [-0.25, -0.2) is 4.39 Å². The number of rotatable bonds is 2. The number of nitrogens with two attached hydrogens (primary N) is 1.